The maximum Gasteiger partial charge on any atom is 0.119 e. The minimum absolute atomic E-state index is 0.117. The van der Waals surface area contributed by atoms with Crippen LogP contribution in [-0.4, -0.2) is 61.9 Å². The number of aliphatic hydroxyl groups excluding tert-OH is 1. The molecule has 0 bridgehead atoms. The molecule has 192 valence electrons. The fourth-order valence-corrected chi connectivity index (χ4v) is 3.66. The van der Waals surface area contributed by atoms with Crippen molar-refractivity contribution in [3.05, 3.63) is 47.7 Å². The van der Waals surface area contributed by atoms with Crippen molar-refractivity contribution in [3.63, 3.8) is 0 Å². The molecule has 0 fully saturated rings. The standard InChI is InChI=1S/C29H47NO4/c1-26(2,22-33-27(3,4)17-20-31)23-34-28(5,6)18-21-32-29(7)16-14-24(29)15-19-30(8)25-12-10-9-11-13-25/h9-13,16,31H,15,17-23H2,1-8H3. The van der Waals surface area contributed by atoms with Crippen LogP contribution in [0.4, 0.5) is 5.69 Å². The third-order valence-corrected chi connectivity index (χ3v) is 6.54. The number of benzene rings is 1. The summed E-state index contributed by atoms with van der Waals surface area (Å²) in [5.41, 5.74) is 4.72. The van der Waals surface area contributed by atoms with E-state index in [9.17, 15) is 5.11 Å². The lowest BCUT2D eigenvalue weighted by molar-refractivity contribution is -0.117. The fraction of sp³-hybridized carbons (Fsp3) is 0.690. The van der Waals surface area contributed by atoms with Gasteiger partial charge in [0.05, 0.1) is 31.0 Å². The van der Waals surface area contributed by atoms with Crippen molar-refractivity contribution in [2.75, 3.05) is 44.9 Å². The number of hydrogen-bond acceptors (Lipinski definition) is 5. The lowest BCUT2D eigenvalue weighted by atomic mass is 9.86. The molecule has 0 saturated heterocycles. The molecule has 0 heterocycles. The van der Waals surface area contributed by atoms with Gasteiger partial charge in [0.15, 0.2) is 0 Å². The topological polar surface area (TPSA) is 51.2 Å². The molecule has 2 rings (SSSR count). The Morgan fingerprint density at radius 3 is 2.06 bits per heavy atom. The lowest BCUT2D eigenvalue weighted by Crippen LogP contribution is -2.39. The highest BCUT2D eigenvalue weighted by molar-refractivity contribution is 5.45. The molecule has 1 aromatic rings. The first-order valence-electron chi connectivity index (χ1n) is 12.5. The van der Waals surface area contributed by atoms with Crippen molar-refractivity contribution in [2.24, 2.45) is 5.41 Å². The first kappa shape index (κ1) is 28.6. The predicted octanol–water partition coefficient (Wildman–Crippen LogP) is 5.77. The van der Waals surface area contributed by atoms with E-state index < -0.39 is 0 Å². The molecule has 0 amide bonds. The second kappa shape index (κ2) is 11.9. The van der Waals surface area contributed by atoms with E-state index in [2.05, 4.69) is 76.6 Å². The smallest absolute Gasteiger partial charge is 0.119 e. The summed E-state index contributed by atoms with van der Waals surface area (Å²) in [7, 11) is 2.12. The molecule has 5 nitrogen and oxygen atoms in total. The van der Waals surface area contributed by atoms with Crippen LogP contribution >= 0.6 is 0 Å². The van der Waals surface area contributed by atoms with Crippen LogP contribution in [-0.2, 0) is 14.2 Å². The SMILES string of the molecule is CN(CCC1=C=CC1(C)OCCC(C)(C)OCC(C)(C)COC(C)(C)CCO)c1ccccc1. The summed E-state index contributed by atoms with van der Waals surface area (Å²) >= 11 is 0. The molecule has 0 spiro atoms. The Balaban J connectivity index is 1.72. The van der Waals surface area contributed by atoms with Gasteiger partial charge in [-0.25, -0.2) is 0 Å². The van der Waals surface area contributed by atoms with E-state index in [1.807, 2.05) is 26.0 Å². The van der Waals surface area contributed by atoms with Crippen LogP contribution in [0.25, 0.3) is 0 Å². The van der Waals surface area contributed by atoms with Gasteiger partial charge < -0.3 is 24.2 Å². The maximum atomic E-state index is 9.19. The van der Waals surface area contributed by atoms with Crippen LogP contribution < -0.4 is 4.90 Å². The van der Waals surface area contributed by atoms with E-state index >= 15 is 0 Å². The average Bonchev–Trinajstić information content (AvgIpc) is 2.76. The zero-order chi connectivity index (χ0) is 25.5. The van der Waals surface area contributed by atoms with Crippen molar-refractivity contribution >= 4 is 5.69 Å². The van der Waals surface area contributed by atoms with E-state index in [0.717, 1.165) is 19.4 Å². The Morgan fingerprint density at radius 2 is 1.53 bits per heavy atom. The van der Waals surface area contributed by atoms with Gasteiger partial charge >= 0.3 is 0 Å². The lowest BCUT2D eigenvalue weighted by Gasteiger charge is -2.36. The molecule has 0 radical (unpaired) electrons. The Bertz CT molecular complexity index is 824. The highest BCUT2D eigenvalue weighted by Gasteiger charge is 2.34. The van der Waals surface area contributed by atoms with Crippen LogP contribution in [0, 0.1) is 5.41 Å². The van der Waals surface area contributed by atoms with Gasteiger partial charge in [-0.15, -0.1) is 5.73 Å². The molecule has 5 heteroatoms. The minimum Gasteiger partial charge on any atom is -0.396 e. The third-order valence-electron chi connectivity index (χ3n) is 6.54. The number of anilines is 1. The summed E-state index contributed by atoms with van der Waals surface area (Å²) in [5.74, 6) is 0. The molecule has 1 unspecified atom stereocenters. The van der Waals surface area contributed by atoms with Gasteiger partial charge in [0, 0.05) is 36.9 Å². The van der Waals surface area contributed by atoms with Crippen molar-refractivity contribution in [3.8, 4) is 0 Å². The van der Waals surface area contributed by atoms with Crippen LogP contribution in [0.2, 0.25) is 0 Å². The summed E-state index contributed by atoms with van der Waals surface area (Å²) < 4.78 is 18.6. The molecule has 1 aliphatic rings. The van der Waals surface area contributed by atoms with E-state index in [0.29, 0.717) is 26.2 Å². The second-order valence-corrected chi connectivity index (χ2v) is 11.7. The number of aliphatic hydroxyl groups is 1. The van der Waals surface area contributed by atoms with Gasteiger partial charge in [0.25, 0.3) is 0 Å². The van der Waals surface area contributed by atoms with Gasteiger partial charge in [0.1, 0.15) is 5.60 Å². The number of hydrogen-bond donors (Lipinski definition) is 1. The van der Waals surface area contributed by atoms with Crippen molar-refractivity contribution < 1.29 is 19.3 Å². The van der Waals surface area contributed by atoms with Gasteiger partial charge in [-0.05, 0) is 72.1 Å². The number of ether oxygens (including phenoxy) is 3. The van der Waals surface area contributed by atoms with Crippen LogP contribution in [0.3, 0.4) is 0 Å². The molecule has 0 saturated carbocycles. The van der Waals surface area contributed by atoms with Crippen LogP contribution in [0.1, 0.15) is 67.7 Å². The number of para-hydroxylation sites is 1. The van der Waals surface area contributed by atoms with Gasteiger partial charge in [-0.2, -0.15) is 0 Å². The first-order chi connectivity index (χ1) is 15.8. The predicted molar refractivity (Wildman–Crippen MR) is 140 cm³/mol. The van der Waals surface area contributed by atoms with Crippen LogP contribution in [0.15, 0.2) is 47.7 Å². The highest BCUT2D eigenvalue weighted by Crippen LogP contribution is 2.33. The Kier molecular flexibility index (Phi) is 10.00. The minimum atomic E-state index is -0.334. The van der Waals surface area contributed by atoms with Crippen molar-refractivity contribution in [2.45, 2.75) is 84.5 Å². The highest BCUT2D eigenvalue weighted by atomic mass is 16.5. The average molecular weight is 474 g/mol. The third kappa shape index (κ3) is 9.20. The second-order valence-electron chi connectivity index (χ2n) is 11.7. The molecule has 0 aromatic heterocycles. The monoisotopic (exact) mass is 473 g/mol. The zero-order valence-electron chi connectivity index (χ0n) is 22.7. The zero-order valence-corrected chi connectivity index (χ0v) is 22.7. The molecule has 34 heavy (non-hydrogen) atoms. The summed E-state index contributed by atoms with van der Waals surface area (Å²) in [6.45, 7) is 17.6. The van der Waals surface area contributed by atoms with E-state index in [4.69, 9.17) is 14.2 Å². The van der Waals surface area contributed by atoms with E-state index in [1.165, 1.54) is 11.3 Å². The normalized spacial score (nSPS) is 18.6. The number of rotatable bonds is 16. The largest absolute Gasteiger partial charge is 0.396 e. The van der Waals surface area contributed by atoms with E-state index in [1.54, 1.807) is 0 Å². The maximum absolute atomic E-state index is 9.19. The van der Waals surface area contributed by atoms with Crippen molar-refractivity contribution in [1.29, 1.82) is 0 Å². The molecule has 1 atom stereocenters. The van der Waals surface area contributed by atoms with Crippen molar-refractivity contribution in [1.82, 2.24) is 0 Å². The number of nitrogens with zero attached hydrogens (tertiary/aromatic N) is 1. The Labute approximate surface area is 207 Å². The first-order valence-corrected chi connectivity index (χ1v) is 12.5. The Hall–Kier alpha value is -1.62. The van der Waals surface area contributed by atoms with Gasteiger partial charge in [0.2, 0.25) is 0 Å². The molecular formula is C29H47NO4. The fourth-order valence-electron chi connectivity index (χ4n) is 3.66. The summed E-state index contributed by atoms with van der Waals surface area (Å²) in [6.07, 6.45) is 4.39. The summed E-state index contributed by atoms with van der Waals surface area (Å²) in [5, 5.41) is 9.19. The van der Waals surface area contributed by atoms with Crippen LogP contribution in [0.5, 0.6) is 0 Å². The molecule has 1 N–H and O–H groups in total. The van der Waals surface area contributed by atoms with Gasteiger partial charge in [-0.1, -0.05) is 32.0 Å². The molecular weight excluding hydrogens is 426 g/mol. The molecule has 1 aliphatic carbocycles. The molecule has 1 aromatic carbocycles. The quantitative estimate of drug-likeness (QED) is 0.309. The summed E-state index contributed by atoms with van der Waals surface area (Å²) in [6, 6.07) is 10.4. The molecule has 0 aliphatic heterocycles. The van der Waals surface area contributed by atoms with E-state index in [-0.39, 0.29) is 28.8 Å². The Morgan fingerprint density at radius 1 is 0.941 bits per heavy atom. The van der Waals surface area contributed by atoms with Gasteiger partial charge in [-0.3, -0.25) is 0 Å². The summed E-state index contributed by atoms with van der Waals surface area (Å²) in [4.78, 5) is 2.26.